The van der Waals surface area contributed by atoms with Crippen LogP contribution >= 0.6 is 11.6 Å². The minimum absolute atomic E-state index is 0.266. The molecule has 1 amide bonds. The lowest BCUT2D eigenvalue weighted by Crippen LogP contribution is -2.25. The fourth-order valence-corrected chi connectivity index (χ4v) is 3.34. The van der Waals surface area contributed by atoms with Gasteiger partial charge < -0.3 is 9.88 Å². The Hall–Kier alpha value is -3.38. The third kappa shape index (κ3) is 4.07. The summed E-state index contributed by atoms with van der Waals surface area (Å²) >= 11 is 6.31. The molecule has 0 spiro atoms. The molecule has 1 N–H and O–H groups in total. The third-order valence-corrected chi connectivity index (χ3v) is 5.12. The Morgan fingerprint density at radius 3 is 2.41 bits per heavy atom. The van der Waals surface area contributed by atoms with Crippen molar-refractivity contribution in [2.24, 2.45) is 0 Å². The van der Waals surface area contributed by atoms with Crippen LogP contribution in [0, 0.1) is 6.92 Å². The zero-order valence-electron chi connectivity index (χ0n) is 15.9. The maximum Gasteiger partial charge on any atom is 0.276 e. The summed E-state index contributed by atoms with van der Waals surface area (Å²) in [6.07, 6.45) is 3.72. The van der Waals surface area contributed by atoms with Crippen LogP contribution in [0.1, 0.15) is 27.2 Å². The average molecular weight is 406 g/mol. The predicted molar refractivity (Wildman–Crippen MR) is 112 cm³/mol. The normalized spacial score (nSPS) is 10.8. The van der Waals surface area contributed by atoms with Gasteiger partial charge in [0.15, 0.2) is 11.5 Å². The number of carbonyl (C=O) groups is 1. The minimum atomic E-state index is -0.276. The molecular weight excluding hydrogens is 386 g/mol. The third-order valence-electron chi connectivity index (χ3n) is 4.75. The molecule has 29 heavy (non-hydrogen) atoms. The SMILES string of the molecule is Cc1ccccc1CNC(=O)c1nnn(Cc2ccccc2Cl)c1-n1cccc1. The van der Waals surface area contributed by atoms with Crippen LogP contribution in [0.4, 0.5) is 0 Å². The Morgan fingerprint density at radius 1 is 1.00 bits per heavy atom. The van der Waals surface area contributed by atoms with Crippen LogP contribution in [0.15, 0.2) is 73.1 Å². The maximum absolute atomic E-state index is 12.9. The fourth-order valence-electron chi connectivity index (χ4n) is 3.15. The van der Waals surface area contributed by atoms with Gasteiger partial charge in [-0.1, -0.05) is 59.3 Å². The molecule has 2 aromatic heterocycles. The minimum Gasteiger partial charge on any atom is -0.346 e. The van der Waals surface area contributed by atoms with Gasteiger partial charge in [-0.15, -0.1) is 5.10 Å². The van der Waals surface area contributed by atoms with Gasteiger partial charge in [-0.25, -0.2) is 4.68 Å². The zero-order valence-corrected chi connectivity index (χ0v) is 16.7. The molecule has 4 rings (SSSR count). The Labute approximate surface area is 173 Å². The van der Waals surface area contributed by atoms with Crippen molar-refractivity contribution < 1.29 is 4.79 Å². The molecule has 2 aromatic carbocycles. The highest BCUT2D eigenvalue weighted by molar-refractivity contribution is 6.31. The lowest BCUT2D eigenvalue weighted by atomic mass is 10.1. The zero-order chi connectivity index (χ0) is 20.2. The Kier molecular flexibility index (Phi) is 5.44. The molecular formula is C22H20ClN5O. The molecule has 0 bridgehead atoms. The van der Waals surface area contributed by atoms with Crippen molar-refractivity contribution >= 4 is 17.5 Å². The van der Waals surface area contributed by atoms with E-state index in [2.05, 4.69) is 15.6 Å². The van der Waals surface area contributed by atoms with E-state index in [-0.39, 0.29) is 11.6 Å². The molecule has 6 nitrogen and oxygen atoms in total. The van der Waals surface area contributed by atoms with Crippen LogP contribution in [0.3, 0.4) is 0 Å². The number of aromatic nitrogens is 4. The lowest BCUT2D eigenvalue weighted by Gasteiger charge is -2.11. The van der Waals surface area contributed by atoms with Crippen LogP contribution in [0.5, 0.6) is 0 Å². The van der Waals surface area contributed by atoms with Crippen LogP contribution in [-0.4, -0.2) is 25.5 Å². The number of nitrogens with one attached hydrogen (secondary N) is 1. The standard InChI is InChI=1S/C22H20ClN5O/c1-16-8-2-3-9-17(16)14-24-21(29)20-22(27-12-6-7-13-27)28(26-25-20)15-18-10-4-5-11-19(18)23/h2-13H,14-15H2,1H3,(H,24,29). The summed E-state index contributed by atoms with van der Waals surface area (Å²) in [5, 5.41) is 12.0. The van der Waals surface area contributed by atoms with Gasteiger partial charge >= 0.3 is 0 Å². The van der Waals surface area contributed by atoms with E-state index in [0.29, 0.717) is 23.9 Å². The van der Waals surface area contributed by atoms with Gasteiger partial charge in [-0.2, -0.15) is 0 Å². The topological polar surface area (TPSA) is 64.7 Å². The van der Waals surface area contributed by atoms with Crippen molar-refractivity contribution in [3.63, 3.8) is 0 Å². The number of hydrogen-bond donors (Lipinski definition) is 1. The maximum atomic E-state index is 12.9. The summed E-state index contributed by atoms with van der Waals surface area (Å²) < 4.78 is 3.52. The van der Waals surface area contributed by atoms with E-state index in [4.69, 9.17) is 11.6 Å². The number of amides is 1. The largest absolute Gasteiger partial charge is 0.346 e. The molecule has 0 saturated heterocycles. The first-order chi connectivity index (χ1) is 14.1. The quantitative estimate of drug-likeness (QED) is 0.527. The summed E-state index contributed by atoms with van der Waals surface area (Å²) in [4.78, 5) is 12.9. The van der Waals surface area contributed by atoms with E-state index in [1.54, 1.807) is 4.68 Å². The van der Waals surface area contributed by atoms with E-state index in [0.717, 1.165) is 16.7 Å². The Balaban J connectivity index is 1.63. The average Bonchev–Trinajstić information content (AvgIpc) is 3.38. The molecule has 7 heteroatoms. The summed E-state index contributed by atoms with van der Waals surface area (Å²) in [5.74, 6) is 0.319. The first kappa shape index (κ1) is 19.0. The molecule has 0 unspecified atom stereocenters. The fraction of sp³-hybridized carbons (Fsp3) is 0.136. The van der Waals surface area contributed by atoms with Crippen LogP contribution < -0.4 is 5.32 Å². The smallest absolute Gasteiger partial charge is 0.276 e. The molecule has 0 saturated carbocycles. The van der Waals surface area contributed by atoms with Gasteiger partial charge in [0.1, 0.15) is 0 Å². The predicted octanol–water partition coefficient (Wildman–Crippen LogP) is 4.01. The van der Waals surface area contributed by atoms with Crippen molar-refractivity contribution in [2.45, 2.75) is 20.0 Å². The van der Waals surface area contributed by atoms with Crippen LogP contribution in [-0.2, 0) is 13.1 Å². The molecule has 0 aliphatic heterocycles. The number of nitrogens with zero attached hydrogens (tertiary/aromatic N) is 4. The van der Waals surface area contributed by atoms with Crippen LogP contribution in [0.2, 0.25) is 5.02 Å². The number of halogens is 1. The van der Waals surface area contributed by atoms with Gasteiger partial charge in [0.25, 0.3) is 5.91 Å². The van der Waals surface area contributed by atoms with Gasteiger partial charge in [0, 0.05) is 24.0 Å². The van der Waals surface area contributed by atoms with Gasteiger partial charge in [-0.05, 0) is 41.8 Å². The summed E-state index contributed by atoms with van der Waals surface area (Å²) in [7, 11) is 0. The summed E-state index contributed by atoms with van der Waals surface area (Å²) in [6.45, 7) is 2.85. The van der Waals surface area contributed by atoms with Gasteiger partial charge in [-0.3, -0.25) is 4.79 Å². The summed E-state index contributed by atoms with van der Waals surface area (Å²) in [5.41, 5.74) is 3.36. The summed E-state index contributed by atoms with van der Waals surface area (Å²) in [6, 6.07) is 19.3. The van der Waals surface area contributed by atoms with Crippen molar-refractivity contribution in [1.29, 1.82) is 0 Å². The number of hydrogen-bond acceptors (Lipinski definition) is 3. The molecule has 0 aliphatic rings. The highest BCUT2D eigenvalue weighted by Gasteiger charge is 2.21. The van der Waals surface area contributed by atoms with E-state index in [1.165, 1.54) is 0 Å². The van der Waals surface area contributed by atoms with Crippen molar-refractivity contribution in [1.82, 2.24) is 24.9 Å². The van der Waals surface area contributed by atoms with E-state index >= 15 is 0 Å². The molecule has 0 aliphatic carbocycles. The van der Waals surface area contributed by atoms with Crippen LogP contribution in [0.25, 0.3) is 5.82 Å². The van der Waals surface area contributed by atoms with Crippen molar-refractivity contribution in [3.8, 4) is 5.82 Å². The van der Waals surface area contributed by atoms with Gasteiger partial charge in [0.2, 0.25) is 0 Å². The Bertz CT molecular complexity index is 1130. The first-order valence-electron chi connectivity index (χ1n) is 9.26. The molecule has 0 radical (unpaired) electrons. The second-order valence-electron chi connectivity index (χ2n) is 6.71. The number of rotatable bonds is 6. The Morgan fingerprint density at radius 2 is 1.69 bits per heavy atom. The highest BCUT2D eigenvalue weighted by Crippen LogP contribution is 2.19. The lowest BCUT2D eigenvalue weighted by molar-refractivity contribution is 0.0945. The molecule has 4 aromatic rings. The molecule has 0 fully saturated rings. The van der Waals surface area contributed by atoms with Gasteiger partial charge in [0.05, 0.1) is 6.54 Å². The second-order valence-corrected chi connectivity index (χ2v) is 7.12. The van der Waals surface area contributed by atoms with E-state index in [1.807, 2.05) is 84.5 Å². The monoisotopic (exact) mass is 405 g/mol. The second kappa shape index (κ2) is 8.32. The van der Waals surface area contributed by atoms with Crippen molar-refractivity contribution in [2.75, 3.05) is 0 Å². The van der Waals surface area contributed by atoms with E-state index < -0.39 is 0 Å². The first-order valence-corrected chi connectivity index (χ1v) is 9.64. The number of carbonyl (C=O) groups excluding carboxylic acids is 1. The molecule has 2 heterocycles. The highest BCUT2D eigenvalue weighted by atomic mass is 35.5. The number of benzene rings is 2. The van der Waals surface area contributed by atoms with E-state index in [9.17, 15) is 4.79 Å². The van der Waals surface area contributed by atoms with Crippen molar-refractivity contribution in [3.05, 3.63) is 100 Å². The molecule has 146 valence electrons. The number of aryl methyl sites for hydroxylation is 1. The molecule has 0 atom stereocenters.